The van der Waals surface area contributed by atoms with Crippen molar-refractivity contribution in [1.29, 1.82) is 0 Å². The average molecular weight is 301 g/mol. The smallest absolute Gasteiger partial charge is 0.256 e. The van der Waals surface area contributed by atoms with Crippen LogP contribution in [0.4, 0.5) is 4.39 Å². The predicted octanol–water partition coefficient (Wildman–Crippen LogP) is 2.71. The van der Waals surface area contributed by atoms with Crippen molar-refractivity contribution in [2.75, 3.05) is 26.7 Å². The monoisotopic (exact) mass is 300 g/mol. The van der Waals surface area contributed by atoms with Gasteiger partial charge < -0.3 is 10.2 Å². The molecule has 1 amide bonds. The Labute approximate surface area is 125 Å². The van der Waals surface area contributed by atoms with Crippen LogP contribution in [0.5, 0.6) is 0 Å². The molecule has 1 heterocycles. The molecule has 0 aromatic heterocycles. The van der Waals surface area contributed by atoms with Gasteiger partial charge in [-0.25, -0.2) is 4.39 Å². The van der Waals surface area contributed by atoms with E-state index in [1.54, 1.807) is 23.1 Å². The second kappa shape index (κ2) is 8.22. The Morgan fingerprint density at radius 2 is 2.00 bits per heavy atom. The highest BCUT2D eigenvalue weighted by Crippen LogP contribution is 2.22. The van der Waals surface area contributed by atoms with Crippen LogP contribution in [0, 0.1) is 11.7 Å². The van der Waals surface area contributed by atoms with E-state index < -0.39 is 5.82 Å². The number of nitrogens with one attached hydrogen (secondary N) is 1. The maximum atomic E-state index is 13.6. The van der Waals surface area contributed by atoms with Gasteiger partial charge in [-0.3, -0.25) is 4.79 Å². The summed E-state index contributed by atoms with van der Waals surface area (Å²) < 4.78 is 13.6. The highest BCUT2D eigenvalue weighted by molar-refractivity contribution is 5.94. The molecule has 1 aliphatic heterocycles. The van der Waals surface area contributed by atoms with Crippen LogP contribution in [0.25, 0.3) is 0 Å². The molecule has 2 rings (SSSR count). The summed E-state index contributed by atoms with van der Waals surface area (Å²) in [5, 5.41) is 3.15. The summed E-state index contributed by atoms with van der Waals surface area (Å²) in [5.41, 5.74) is 0.191. The SMILES string of the molecule is CNCCC1CCN(C(=O)c2ccccc2F)CC1.Cl. The normalized spacial score (nSPS) is 15.8. The lowest BCUT2D eigenvalue weighted by molar-refractivity contribution is 0.0682. The van der Waals surface area contributed by atoms with Crippen molar-refractivity contribution < 1.29 is 9.18 Å². The first-order valence-corrected chi connectivity index (χ1v) is 6.90. The van der Waals surface area contributed by atoms with E-state index in [1.807, 2.05) is 7.05 Å². The molecule has 1 aromatic rings. The standard InChI is InChI=1S/C15H21FN2O.ClH/c1-17-9-6-12-7-10-18(11-8-12)15(19)13-4-2-3-5-14(13)16;/h2-5,12,17H,6-11H2,1H3;1H. The molecule has 0 aliphatic carbocycles. The third-order valence-electron chi connectivity index (χ3n) is 3.81. The van der Waals surface area contributed by atoms with Crippen molar-refractivity contribution in [2.24, 2.45) is 5.92 Å². The van der Waals surface area contributed by atoms with Gasteiger partial charge in [0.05, 0.1) is 5.56 Å². The summed E-state index contributed by atoms with van der Waals surface area (Å²) in [6, 6.07) is 6.21. The lowest BCUT2D eigenvalue weighted by Crippen LogP contribution is -2.39. The van der Waals surface area contributed by atoms with Crippen molar-refractivity contribution in [3.63, 3.8) is 0 Å². The van der Waals surface area contributed by atoms with Gasteiger partial charge >= 0.3 is 0 Å². The molecular formula is C15H22ClFN2O. The summed E-state index contributed by atoms with van der Waals surface area (Å²) in [4.78, 5) is 14.0. The van der Waals surface area contributed by atoms with Gasteiger partial charge in [0.15, 0.2) is 0 Å². The van der Waals surface area contributed by atoms with E-state index in [0.717, 1.165) is 38.9 Å². The summed E-state index contributed by atoms with van der Waals surface area (Å²) >= 11 is 0. The van der Waals surface area contributed by atoms with E-state index in [2.05, 4.69) is 5.32 Å². The molecule has 0 saturated carbocycles. The number of nitrogens with zero attached hydrogens (tertiary/aromatic N) is 1. The molecule has 0 unspecified atom stereocenters. The van der Waals surface area contributed by atoms with E-state index in [0.29, 0.717) is 5.92 Å². The maximum Gasteiger partial charge on any atom is 0.256 e. The Morgan fingerprint density at radius 3 is 2.60 bits per heavy atom. The molecule has 1 aromatic carbocycles. The Balaban J connectivity index is 0.00000200. The van der Waals surface area contributed by atoms with E-state index >= 15 is 0 Å². The summed E-state index contributed by atoms with van der Waals surface area (Å²) in [6.07, 6.45) is 3.18. The molecule has 0 bridgehead atoms. The van der Waals surface area contributed by atoms with Gasteiger partial charge in [0.1, 0.15) is 5.82 Å². The van der Waals surface area contributed by atoms with Crippen LogP contribution in [0.3, 0.4) is 0 Å². The molecule has 3 nitrogen and oxygen atoms in total. The molecule has 112 valence electrons. The first kappa shape index (κ1) is 16.9. The molecule has 1 saturated heterocycles. The molecule has 0 spiro atoms. The quantitative estimate of drug-likeness (QED) is 0.927. The number of likely N-dealkylation sites (tertiary alicyclic amines) is 1. The Bertz CT molecular complexity index is 434. The number of benzene rings is 1. The van der Waals surface area contributed by atoms with Crippen molar-refractivity contribution in [1.82, 2.24) is 10.2 Å². The molecule has 1 N–H and O–H groups in total. The van der Waals surface area contributed by atoms with Gasteiger partial charge in [-0.05, 0) is 50.9 Å². The zero-order valence-electron chi connectivity index (χ0n) is 11.8. The van der Waals surface area contributed by atoms with Crippen LogP contribution in [0.1, 0.15) is 29.6 Å². The fraction of sp³-hybridized carbons (Fsp3) is 0.533. The fourth-order valence-corrected chi connectivity index (χ4v) is 2.58. The van der Waals surface area contributed by atoms with Crippen LogP contribution < -0.4 is 5.32 Å². The minimum Gasteiger partial charge on any atom is -0.339 e. The first-order chi connectivity index (χ1) is 9.22. The van der Waals surface area contributed by atoms with Gasteiger partial charge in [0, 0.05) is 13.1 Å². The first-order valence-electron chi connectivity index (χ1n) is 6.90. The number of piperidine rings is 1. The number of hydrogen-bond donors (Lipinski definition) is 1. The zero-order chi connectivity index (χ0) is 13.7. The van der Waals surface area contributed by atoms with Gasteiger partial charge in [-0.2, -0.15) is 0 Å². The average Bonchev–Trinajstić information content (AvgIpc) is 2.45. The van der Waals surface area contributed by atoms with Crippen LogP contribution in [0.2, 0.25) is 0 Å². The highest BCUT2D eigenvalue weighted by atomic mass is 35.5. The number of carbonyl (C=O) groups is 1. The fourth-order valence-electron chi connectivity index (χ4n) is 2.58. The van der Waals surface area contributed by atoms with Crippen molar-refractivity contribution in [3.8, 4) is 0 Å². The largest absolute Gasteiger partial charge is 0.339 e. The van der Waals surface area contributed by atoms with Crippen molar-refractivity contribution in [3.05, 3.63) is 35.6 Å². The van der Waals surface area contributed by atoms with Crippen LogP contribution in [-0.2, 0) is 0 Å². The molecular weight excluding hydrogens is 279 g/mol. The van der Waals surface area contributed by atoms with Crippen molar-refractivity contribution in [2.45, 2.75) is 19.3 Å². The minimum absolute atomic E-state index is 0. The molecule has 5 heteroatoms. The number of carbonyl (C=O) groups excluding carboxylic acids is 1. The van der Waals surface area contributed by atoms with Crippen LogP contribution >= 0.6 is 12.4 Å². The topological polar surface area (TPSA) is 32.3 Å². The molecule has 0 atom stereocenters. The number of halogens is 2. The summed E-state index contributed by atoms with van der Waals surface area (Å²) in [7, 11) is 1.96. The van der Waals surface area contributed by atoms with Crippen LogP contribution in [0.15, 0.2) is 24.3 Å². The van der Waals surface area contributed by atoms with Gasteiger partial charge in [-0.1, -0.05) is 12.1 Å². The molecule has 1 fully saturated rings. The summed E-state index contributed by atoms with van der Waals surface area (Å²) in [6.45, 7) is 2.50. The Hall–Kier alpha value is -1.13. The number of rotatable bonds is 4. The second-order valence-corrected chi connectivity index (χ2v) is 5.11. The Morgan fingerprint density at radius 1 is 1.35 bits per heavy atom. The van der Waals surface area contributed by atoms with Crippen molar-refractivity contribution >= 4 is 18.3 Å². The van der Waals surface area contributed by atoms with E-state index in [-0.39, 0.29) is 23.9 Å². The lowest BCUT2D eigenvalue weighted by atomic mass is 9.93. The number of hydrogen-bond acceptors (Lipinski definition) is 2. The van der Waals surface area contributed by atoms with E-state index in [1.165, 1.54) is 6.07 Å². The van der Waals surface area contributed by atoms with E-state index in [9.17, 15) is 9.18 Å². The molecule has 1 aliphatic rings. The number of amides is 1. The van der Waals surface area contributed by atoms with Gasteiger partial charge in [0.2, 0.25) is 0 Å². The van der Waals surface area contributed by atoms with Gasteiger partial charge in [0.25, 0.3) is 5.91 Å². The predicted molar refractivity (Wildman–Crippen MR) is 80.8 cm³/mol. The lowest BCUT2D eigenvalue weighted by Gasteiger charge is -2.32. The van der Waals surface area contributed by atoms with Gasteiger partial charge in [-0.15, -0.1) is 12.4 Å². The molecule has 0 radical (unpaired) electrons. The third kappa shape index (κ3) is 4.18. The Kier molecular flexibility index (Phi) is 6.96. The minimum atomic E-state index is -0.426. The van der Waals surface area contributed by atoms with E-state index in [4.69, 9.17) is 0 Å². The maximum absolute atomic E-state index is 13.6. The zero-order valence-corrected chi connectivity index (χ0v) is 12.6. The second-order valence-electron chi connectivity index (χ2n) is 5.11. The molecule has 20 heavy (non-hydrogen) atoms. The third-order valence-corrected chi connectivity index (χ3v) is 3.81. The summed E-state index contributed by atoms with van der Waals surface area (Å²) in [5.74, 6) is 0.0760. The highest BCUT2D eigenvalue weighted by Gasteiger charge is 2.24. The van der Waals surface area contributed by atoms with Crippen LogP contribution in [-0.4, -0.2) is 37.5 Å².